The van der Waals surface area contributed by atoms with E-state index in [0.29, 0.717) is 17.8 Å². The minimum Gasteiger partial charge on any atom is -0.375 e. The molecule has 1 aliphatic heterocycles. The summed E-state index contributed by atoms with van der Waals surface area (Å²) < 4.78 is 7.81. The van der Waals surface area contributed by atoms with Crippen molar-refractivity contribution < 1.29 is 4.74 Å². The molecule has 5 nitrogen and oxygen atoms in total. The van der Waals surface area contributed by atoms with Gasteiger partial charge in [0.05, 0.1) is 30.2 Å². The first-order chi connectivity index (χ1) is 14.6. The SMILES string of the molecule is CC(C)CN1CCOC(CSc2nc3ccccc3c(=O)n2Cc2ccccc2)C1. The Morgan fingerprint density at radius 3 is 2.70 bits per heavy atom. The summed E-state index contributed by atoms with van der Waals surface area (Å²) in [5.74, 6) is 1.43. The molecule has 0 saturated carbocycles. The molecule has 1 aromatic heterocycles. The molecular weight excluding hydrogens is 394 g/mol. The highest BCUT2D eigenvalue weighted by Gasteiger charge is 2.22. The lowest BCUT2D eigenvalue weighted by Gasteiger charge is -2.33. The van der Waals surface area contributed by atoms with Crippen LogP contribution in [-0.2, 0) is 11.3 Å². The minimum atomic E-state index is 0.0120. The van der Waals surface area contributed by atoms with Crippen LogP contribution >= 0.6 is 11.8 Å². The molecule has 0 amide bonds. The van der Waals surface area contributed by atoms with Crippen molar-refractivity contribution in [1.29, 1.82) is 0 Å². The van der Waals surface area contributed by atoms with E-state index in [1.165, 1.54) is 0 Å². The van der Waals surface area contributed by atoms with Crippen molar-refractivity contribution in [2.75, 3.05) is 32.0 Å². The number of para-hydroxylation sites is 1. The number of hydrogen-bond donors (Lipinski definition) is 0. The van der Waals surface area contributed by atoms with Crippen molar-refractivity contribution >= 4 is 22.7 Å². The second kappa shape index (κ2) is 9.77. The lowest BCUT2D eigenvalue weighted by molar-refractivity contribution is -0.0191. The molecule has 1 fully saturated rings. The van der Waals surface area contributed by atoms with Gasteiger partial charge in [-0.2, -0.15) is 0 Å². The highest BCUT2D eigenvalue weighted by molar-refractivity contribution is 7.99. The van der Waals surface area contributed by atoms with Crippen LogP contribution in [0.1, 0.15) is 19.4 Å². The molecule has 0 radical (unpaired) electrons. The number of aromatic nitrogens is 2. The molecule has 1 saturated heterocycles. The van der Waals surface area contributed by atoms with E-state index in [-0.39, 0.29) is 11.7 Å². The van der Waals surface area contributed by atoms with E-state index in [1.807, 2.05) is 54.6 Å². The molecule has 1 atom stereocenters. The molecule has 0 spiro atoms. The van der Waals surface area contributed by atoms with Gasteiger partial charge in [-0.3, -0.25) is 14.3 Å². The fourth-order valence-electron chi connectivity index (χ4n) is 3.89. The molecule has 1 aliphatic rings. The van der Waals surface area contributed by atoms with Crippen molar-refractivity contribution in [3.63, 3.8) is 0 Å². The molecule has 30 heavy (non-hydrogen) atoms. The Labute approximate surface area is 182 Å². The van der Waals surface area contributed by atoms with Crippen LogP contribution in [0.4, 0.5) is 0 Å². The van der Waals surface area contributed by atoms with Crippen LogP contribution < -0.4 is 5.56 Å². The molecule has 0 N–H and O–H groups in total. The maximum atomic E-state index is 13.2. The first kappa shape index (κ1) is 21.1. The van der Waals surface area contributed by atoms with Gasteiger partial charge in [0, 0.05) is 25.4 Å². The number of nitrogens with zero attached hydrogens (tertiary/aromatic N) is 3. The Hall–Kier alpha value is -2.15. The van der Waals surface area contributed by atoms with Crippen LogP contribution in [-0.4, -0.2) is 52.5 Å². The number of benzene rings is 2. The molecule has 2 heterocycles. The maximum Gasteiger partial charge on any atom is 0.262 e. The number of morpholine rings is 1. The van der Waals surface area contributed by atoms with Gasteiger partial charge in [0.25, 0.3) is 5.56 Å². The Balaban J connectivity index is 1.57. The number of hydrogen-bond acceptors (Lipinski definition) is 5. The molecule has 1 unspecified atom stereocenters. The lowest BCUT2D eigenvalue weighted by atomic mass is 10.2. The largest absolute Gasteiger partial charge is 0.375 e. The Morgan fingerprint density at radius 1 is 1.13 bits per heavy atom. The Bertz CT molecular complexity index is 1040. The maximum absolute atomic E-state index is 13.2. The van der Waals surface area contributed by atoms with Crippen molar-refractivity contribution in [2.24, 2.45) is 5.92 Å². The van der Waals surface area contributed by atoms with Gasteiger partial charge in [0.15, 0.2) is 5.16 Å². The average molecular weight is 424 g/mol. The second-order valence-corrected chi connectivity index (χ2v) is 9.23. The van der Waals surface area contributed by atoms with Gasteiger partial charge in [0.1, 0.15) is 0 Å². The van der Waals surface area contributed by atoms with Crippen molar-refractivity contribution in [2.45, 2.75) is 31.7 Å². The van der Waals surface area contributed by atoms with E-state index in [9.17, 15) is 4.79 Å². The predicted octanol–water partition coefficient (Wildman–Crippen LogP) is 3.89. The lowest BCUT2D eigenvalue weighted by Crippen LogP contribution is -2.44. The van der Waals surface area contributed by atoms with Crippen molar-refractivity contribution in [3.05, 3.63) is 70.5 Å². The average Bonchev–Trinajstić information content (AvgIpc) is 2.75. The third-order valence-electron chi connectivity index (χ3n) is 5.25. The topological polar surface area (TPSA) is 47.4 Å². The highest BCUT2D eigenvalue weighted by atomic mass is 32.2. The van der Waals surface area contributed by atoms with Crippen LogP contribution in [0.15, 0.2) is 64.5 Å². The number of thioether (sulfide) groups is 1. The van der Waals surface area contributed by atoms with Crippen LogP contribution in [0.25, 0.3) is 10.9 Å². The fourth-order valence-corrected chi connectivity index (χ4v) is 4.90. The van der Waals surface area contributed by atoms with Gasteiger partial charge >= 0.3 is 0 Å². The summed E-state index contributed by atoms with van der Waals surface area (Å²) in [6.45, 7) is 8.80. The zero-order chi connectivity index (χ0) is 20.9. The monoisotopic (exact) mass is 423 g/mol. The summed E-state index contributed by atoms with van der Waals surface area (Å²) in [4.78, 5) is 20.6. The molecular formula is C24H29N3O2S. The summed E-state index contributed by atoms with van der Waals surface area (Å²) in [6, 6.07) is 17.7. The molecule has 6 heteroatoms. The summed E-state index contributed by atoms with van der Waals surface area (Å²) in [7, 11) is 0. The van der Waals surface area contributed by atoms with E-state index in [0.717, 1.165) is 48.2 Å². The van der Waals surface area contributed by atoms with Gasteiger partial charge in [-0.1, -0.05) is 68.1 Å². The zero-order valence-electron chi connectivity index (χ0n) is 17.7. The predicted molar refractivity (Wildman–Crippen MR) is 123 cm³/mol. The first-order valence-electron chi connectivity index (χ1n) is 10.6. The summed E-state index contributed by atoms with van der Waals surface area (Å²) >= 11 is 1.62. The van der Waals surface area contributed by atoms with E-state index < -0.39 is 0 Å². The normalized spacial score (nSPS) is 17.6. The van der Waals surface area contributed by atoms with E-state index in [2.05, 4.69) is 18.7 Å². The Kier molecular flexibility index (Phi) is 6.87. The molecule has 4 rings (SSSR count). The van der Waals surface area contributed by atoms with Gasteiger partial charge in [-0.15, -0.1) is 0 Å². The second-order valence-electron chi connectivity index (χ2n) is 8.25. The van der Waals surface area contributed by atoms with Gasteiger partial charge in [0.2, 0.25) is 0 Å². The quantitative estimate of drug-likeness (QED) is 0.426. The molecule has 2 aromatic carbocycles. The smallest absolute Gasteiger partial charge is 0.262 e. The zero-order valence-corrected chi connectivity index (χ0v) is 18.5. The molecule has 3 aromatic rings. The summed E-state index contributed by atoms with van der Waals surface area (Å²) in [5, 5.41) is 1.42. The number of ether oxygens (including phenoxy) is 1. The molecule has 0 bridgehead atoms. The molecule has 0 aliphatic carbocycles. The van der Waals surface area contributed by atoms with Crippen LogP contribution in [0.3, 0.4) is 0 Å². The van der Waals surface area contributed by atoms with Crippen LogP contribution in [0.5, 0.6) is 0 Å². The number of rotatable bonds is 7. The first-order valence-corrected chi connectivity index (χ1v) is 11.6. The standard InChI is InChI=1S/C24H29N3O2S/c1-18(2)14-26-12-13-29-20(16-26)17-30-24-25-22-11-7-6-10-21(22)23(28)27(24)15-19-8-4-3-5-9-19/h3-11,18,20H,12-17H2,1-2H3. The summed E-state index contributed by atoms with van der Waals surface area (Å²) in [5.41, 5.74) is 1.86. The number of fused-ring (bicyclic) bond motifs is 1. The third kappa shape index (κ3) is 5.12. The summed E-state index contributed by atoms with van der Waals surface area (Å²) in [6.07, 6.45) is 0.149. The fraction of sp³-hybridized carbons (Fsp3) is 0.417. The van der Waals surface area contributed by atoms with E-state index in [1.54, 1.807) is 16.3 Å². The molecule has 158 valence electrons. The van der Waals surface area contributed by atoms with Gasteiger partial charge in [-0.25, -0.2) is 4.98 Å². The van der Waals surface area contributed by atoms with Crippen LogP contribution in [0, 0.1) is 5.92 Å². The van der Waals surface area contributed by atoms with Crippen molar-refractivity contribution in [1.82, 2.24) is 14.5 Å². The highest BCUT2D eigenvalue weighted by Crippen LogP contribution is 2.22. The van der Waals surface area contributed by atoms with E-state index >= 15 is 0 Å². The van der Waals surface area contributed by atoms with Crippen molar-refractivity contribution in [3.8, 4) is 0 Å². The minimum absolute atomic E-state index is 0.0120. The Morgan fingerprint density at radius 2 is 1.90 bits per heavy atom. The third-order valence-corrected chi connectivity index (χ3v) is 6.36. The van der Waals surface area contributed by atoms with Gasteiger partial charge < -0.3 is 4.74 Å². The van der Waals surface area contributed by atoms with E-state index in [4.69, 9.17) is 9.72 Å². The van der Waals surface area contributed by atoms with Crippen LogP contribution in [0.2, 0.25) is 0 Å². The van der Waals surface area contributed by atoms with Gasteiger partial charge in [-0.05, 0) is 23.6 Å².